The van der Waals surface area contributed by atoms with Crippen molar-refractivity contribution in [3.63, 3.8) is 0 Å². The fourth-order valence-corrected chi connectivity index (χ4v) is 7.47. The number of phenols is 1. The molecule has 11 nitrogen and oxygen atoms in total. The minimum Gasteiger partial charge on any atom is -0.508 e. The number of phenolic OH excluding ortho intramolecular Hbond substituents is 1. The number of piperazine rings is 1. The Balaban J connectivity index is 0.000000216. The predicted molar refractivity (Wildman–Crippen MR) is 242 cm³/mol. The maximum absolute atomic E-state index is 10.9. The molecule has 0 radical (unpaired) electrons. The van der Waals surface area contributed by atoms with E-state index in [9.17, 15) is 24.3 Å². The number of halogens is 1. The molecule has 0 spiro atoms. The SMILES string of the molecule is CN(C=O)C(C=O)CCC=O.CNC.Cc1ccc(N2CCN(C)CC2)cc1C=O.Oc1ccc2c(Oc3ccc(OC4CCC4)cc3)c(-c3ccc(Br)cc3)sc2c1. The van der Waals surface area contributed by atoms with Gasteiger partial charge in [0.05, 0.1) is 17.0 Å². The summed E-state index contributed by atoms with van der Waals surface area (Å²) in [5, 5.41) is 13.6. The van der Waals surface area contributed by atoms with Gasteiger partial charge in [-0.2, -0.15) is 0 Å². The average Bonchev–Trinajstić information content (AvgIpc) is 3.58. The van der Waals surface area contributed by atoms with Gasteiger partial charge in [-0.3, -0.25) is 9.59 Å². The number of anilines is 1. The molecule has 1 saturated heterocycles. The minimum atomic E-state index is -0.460. The highest BCUT2D eigenvalue weighted by molar-refractivity contribution is 9.10. The number of nitrogens with zero attached hydrogens (tertiary/aromatic N) is 3. The number of likely N-dealkylation sites (N-methyl/N-ethyl adjacent to an activating group) is 2. The standard InChI is InChI=1S/C24H19BrO3S.C13H18N2O.C7H11NO3.C2H7N/c25-16-6-4-15(5-7-16)24-23(21-13-8-17(26)14-22(21)29-24)28-20-11-9-19(10-12-20)27-18-2-1-3-18;1-11-3-4-13(9-12(11)10-16)15-7-5-14(2)6-8-15;1-8(6-11)7(5-10)3-2-4-9;1-3-2/h4-14,18,26H,1-3H2;3-4,9-10H,5-8H2,1-2H3;4-7H,2-3H2,1H3;3H,1-2H3. The first-order chi connectivity index (χ1) is 28.5. The summed E-state index contributed by atoms with van der Waals surface area (Å²) in [5.74, 6) is 2.71. The molecule has 2 aliphatic rings. The number of hydrogen-bond acceptors (Lipinski definition) is 11. The van der Waals surface area contributed by atoms with E-state index in [1.54, 1.807) is 23.5 Å². The normalized spacial score (nSPS) is 14.1. The summed E-state index contributed by atoms with van der Waals surface area (Å²) in [6.45, 7) is 6.22. The summed E-state index contributed by atoms with van der Waals surface area (Å²) in [7, 11) is 7.40. The summed E-state index contributed by atoms with van der Waals surface area (Å²) in [6.07, 6.45) is 7.52. The lowest BCUT2D eigenvalue weighted by atomic mass is 9.96. The molecule has 5 aromatic rings. The van der Waals surface area contributed by atoms with Crippen molar-refractivity contribution in [3.05, 3.63) is 101 Å². The number of aryl methyl sites for hydroxylation is 1. The van der Waals surface area contributed by atoms with Gasteiger partial charge < -0.3 is 44.2 Å². The summed E-state index contributed by atoms with van der Waals surface area (Å²) < 4.78 is 14.3. The molecule has 1 unspecified atom stereocenters. The molecule has 1 atom stereocenters. The van der Waals surface area contributed by atoms with E-state index in [2.05, 4.69) is 56.3 Å². The van der Waals surface area contributed by atoms with Crippen molar-refractivity contribution in [1.82, 2.24) is 15.1 Å². The maximum Gasteiger partial charge on any atom is 0.210 e. The van der Waals surface area contributed by atoms with Gasteiger partial charge in [-0.1, -0.05) is 34.1 Å². The first-order valence-electron chi connectivity index (χ1n) is 19.6. The highest BCUT2D eigenvalue weighted by Crippen LogP contribution is 2.47. The third kappa shape index (κ3) is 14.0. The van der Waals surface area contributed by atoms with Gasteiger partial charge in [-0.15, -0.1) is 11.3 Å². The number of ether oxygens (including phenoxy) is 2. The van der Waals surface area contributed by atoms with Gasteiger partial charge in [0.15, 0.2) is 5.75 Å². The lowest BCUT2D eigenvalue weighted by Crippen LogP contribution is -2.44. The van der Waals surface area contributed by atoms with Crippen molar-refractivity contribution in [3.8, 4) is 33.4 Å². The van der Waals surface area contributed by atoms with Crippen molar-refractivity contribution < 1.29 is 33.8 Å². The van der Waals surface area contributed by atoms with E-state index in [-0.39, 0.29) is 5.75 Å². The number of carbonyl (C=O) groups is 4. The summed E-state index contributed by atoms with van der Waals surface area (Å²) in [5.41, 5.74) is 4.10. The van der Waals surface area contributed by atoms with Crippen LogP contribution in [0.4, 0.5) is 5.69 Å². The first-order valence-corrected chi connectivity index (χ1v) is 21.2. The Morgan fingerprint density at radius 1 is 0.915 bits per heavy atom. The number of thiophene rings is 1. The summed E-state index contributed by atoms with van der Waals surface area (Å²) in [6, 6.07) is 27.1. The predicted octanol–water partition coefficient (Wildman–Crippen LogP) is 8.78. The highest BCUT2D eigenvalue weighted by Gasteiger charge is 2.20. The molecule has 2 heterocycles. The first kappa shape index (κ1) is 46.6. The molecule has 1 aliphatic carbocycles. The molecule has 0 bridgehead atoms. The Kier molecular flexibility index (Phi) is 19.0. The smallest absolute Gasteiger partial charge is 0.210 e. The van der Waals surface area contributed by atoms with E-state index >= 15 is 0 Å². The molecule has 13 heteroatoms. The molecule has 2 N–H and O–H groups in total. The molecule has 59 heavy (non-hydrogen) atoms. The number of nitrogens with one attached hydrogen (secondary N) is 1. The van der Waals surface area contributed by atoms with Crippen LogP contribution in [-0.4, -0.2) is 107 Å². The Morgan fingerprint density at radius 2 is 1.58 bits per heavy atom. The number of benzene rings is 4. The molecular weight excluding hydrogens is 832 g/mol. The van der Waals surface area contributed by atoms with Gasteiger partial charge in [0, 0.05) is 65.5 Å². The Labute approximate surface area is 360 Å². The molecular formula is C46H55BrN4O7S. The lowest BCUT2D eigenvalue weighted by molar-refractivity contribution is -0.124. The van der Waals surface area contributed by atoms with Crippen molar-refractivity contribution in [1.29, 1.82) is 0 Å². The number of hydrogen-bond donors (Lipinski definition) is 2. The van der Waals surface area contributed by atoms with E-state index in [0.717, 1.165) is 105 Å². The largest absolute Gasteiger partial charge is 0.508 e. The Morgan fingerprint density at radius 3 is 2.15 bits per heavy atom. The monoisotopic (exact) mass is 886 g/mol. The van der Waals surface area contributed by atoms with Crippen LogP contribution >= 0.6 is 27.3 Å². The quantitative estimate of drug-likeness (QED) is 0.111. The molecule has 4 aromatic carbocycles. The van der Waals surface area contributed by atoms with Crippen molar-refractivity contribution in [2.45, 2.75) is 51.2 Å². The van der Waals surface area contributed by atoms with Crippen LogP contribution in [0.5, 0.6) is 23.0 Å². The van der Waals surface area contributed by atoms with Crippen LogP contribution in [0.25, 0.3) is 20.5 Å². The van der Waals surface area contributed by atoms with Gasteiger partial charge >= 0.3 is 0 Å². The van der Waals surface area contributed by atoms with E-state index < -0.39 is 6.04 Å². The van der Waals surface area contributed by atoms with Crippen LogP contribution in [0.2, 0.25) is 0 Å². The number of aromatic hydroxyl groups is 1. The molecule has 7 rings (SSSR count). The number of amides is 1. The van der Waals surface area contributed by atoms with Crippen LogP contribution < -0.4 is 19.7 Å². The van der Waals surface area contributed by atoms with Crippen molar-refractivity contribution in [2.75, 3.05) is 59.3 Å². The van der Waals surface area contributed by atoms with Crippen LogP contribution in [0.15, 0.2) is 89.4 Å². The third-order valence-electron chi connectivity index (χ3n) is 9.82. The maximum atomic E-state index is 10.9. The molecule has 314 valence electrons. The molecule has 2 fully saturated rings. The van der Waals surface area contributed by atoms with Gasteiger partial charge in [0.1, 0.15) is 36.1 Å². The number of aldehydes is 3. The fraction of sp³-hybridized carbons (Fsp3) is 0.348. The van der Waals surface area contributed by atoms with Gasteiger partial charge in [-0.25, -0.2) is 0 Å². The second-order valence-electron chi connectivity index (χ2n) is 14.4. The minimum absolute atomic E-state index is 0.255. The van der Waals surface area contributed by atoms with Gasteiger partial charge in [-0.05, 0) is 132 Å². The van der Waals surface area contributed by atoms with Crippen LogP contribution in [-0.2, 0) is 14.4 Å². The molecule has 1 aromatic heterocycles. The summed E-state index contributed by atoms with van der Waals surface area (Å²) in [4.78, 5) is 48.2. The van der Waals surface area contributed by atoms with E-state index in [4.69, 9.17) is 9.47 Å². The molecule has 1 aliphatic heterocycles. The average molecular weight is 888 g/mol. The zero-order chi connectivity index (χ0) is 42.7. The van der Waals surface area contributed by atoms with E-state index in [1.165, 1.54) is 24.1 Å². The zero-order valence-corrected chi connectivity index (χ0v) is 36.8. The van der Waals surface area contributed by atoms with E-state index in [1.807, 2.05) is 75.6 Å². The van der Waals surface area contributed by atoms with Crippen LogP contribution in [0.1, 0.15) is 48.0 Å². The molecule has 1 amide bonds. The van der Waals surface area contributed by atoms with E-state index in [0.29, 0.717) is 31.6 Å². The van der Waals surface area contributed by atoms with Crippen molar-refractivity contribution >= 4 is 68.3 Å². The topological polar surface area (TPSA) is 129 Å². The highest BCUT2D eigenvalue weighted by atomic mass is 79.9. The number of rotatable bonds is 13. The lowest BCUT2D eigenvalue weighted by Gasteiger charge is -2.34. The third-order valence-corrected chi connectivity index (χ3v) is 11.5. The second-order valence-corrected chi connectivity index (χ2v) is 16.3. The fourth-order valence-electron chi connectivity index (χ4n) is 6.04. The van der Waals surface area contributed by atoms with Gasteiger partial charge in [0.25, 0.3) is 0 Å². The second kappa shape index (κ2) is 24.1. The van der Waals surface area contributed by atoms with Crippen molar-refractivity contribution in [2.24, 2.45) is 0 Å². The zero-order valence-electron chi connectivity index (χ0n) is 34.4. The summed E-state index contributed by atoms with van der Waals surface area (Å²) >= 11 is 5.11. The van der Waals surface area contributed by atoms with Crippen LogP contribution in [0, 0.1) is 6.92 Å². The molecule has 1 saturated carbocycles. The number of carbonyl (C=O) groups excluding carboxylic acids is 4. The van der Waals surface area contributed by atoms with Crippen LogP contribution in [0.3, 0.4) is 0 Å². The Hall–Kier alpha value is -5.08. The number of fused-ring (bicyclic) bond motifs is 1. The van der Waals surface area contributed by atoms with Gasteiger partial charge in [0.2, 0.25) is 6.41 Å². The Bertz CT molecular complexity index is 2080.